The number of hydrogen-bond donors (Lipinski definition) is 2. The van der Waals surface area contributed by atoms with E-state index in [4.69, 9.17) is 0 Å². The number of amides is 1. The molecule has 5 atom stereocenters. The van der Waals surface area contributed by atoms with Gasteiger partial charge in [-0.3, -0.25) is 9.59 Å². The molecular formula is C22H28N4O6S3. The molecule has 1 saturated heterocycles. The number of amidine groups is 1. The molecule has 0 spiro atoms. The highest BCUT2D eigenvalue weighted by molar-refractivity contribution is 7.91. The Morgan fingerprint density at radius 2 is 1.94 bits per heavy atom. The lowest BCUT2D eigenvalue weighted by Gasteiger charge is -2.45. The van der Waals surface area contributed by atoms with E-state index in [0.29, 0.717) is 18.4 Å². The summed E-state index contributed by atoms with van der Waals surface area (Å²) in [5.41, 5.74) is 0.270. The smallest absolute Gasteiger partial charge is 0.287 e. The summed E-state index contributed by atoms with van der Waals surface area (Å²) in [6, 6.07) is -0.0736. The van der Waals surface area contributed by atoms with Crippen LogP contribution in [0.2, 0.25) is 0 Å². The number of thiophene rings is 1. The number of nitrogens with one attached hydrogen (secondary N) is 2. The highest BCUT2D eigenvalue weighted by Crippen LogP contribution is 2.54. The molecule has 3 heterocycles. The molecule has 5 aliphatic rings. The molecule has 3 aliphatic carbocycles. The van der Waals surface area contributed by atoms with Crippen molar-refractivity contribution in [1.82, 2.24) is 9.62 Å². The third kappa shape index (κ3) is 4.04. The first-order valence-corrected chi connectivity index (χ1v) is 16.3. The molecule has 2 aliphatic heterocycles. The zero-order chi connectivity index (χ0) is 24.7. The first-order valence-electron chi connectivity index (χ1n) is 12.0. The van der Waals surface area contributed by atoms with E-state index in [0.717, 1.165) is 43.3 Å². The van der Waals surface area contributed by atoms with Gasteiger partial charge < -0.3 is 10.2 Å². The lowest BCUT2D eigenvalue weighted by atomic mass is 9.73. The van der Waals surface area contributed by atoms with Crippen molar-refractivity contribution in [2.24, 2.45) is 34.0 Å². The first kappa shape index (κ1) is 23.6. The van der Waals surface area contributed by atoms with Gasteiger partial charge in [0.25, 0.3) is 10.0 Å². The van der Waals surface area contributed by atoms with Gasteiger partial charge in [0, 0.05) is 30.6 Å². The molecule has 1 amide bonds. The van der Waals surface area contributed by atoms with Gasteiger partial charge >= 0.3 is 0 Å². The van der Waals surface area contributed by atoms with Gasteiger partial charge in [-0.2, -0.15) is 8.42 Å². The minimum absolute atomic E-state index is 0.0736. The summed E-state index contributed by atoms with van der Waals surface area (Å²) in [6.07, 6.45) is 7.21. The second-order valence-electron chi connectivity index (χ2n) is 10.5. The van der Waals surface area contributed by atoms with E-state index in [-0.39, 0.29) is 57.4 Å². The average molecular weight is 541 g/mol. The van der Waals surface area contributed by atoms with Crippen LogP contribution < -0.4 is 10.0 Å². The standard InChI is InChI=1S/C22H28N4O6S3/c1-34(29,30)23-9-14-10-33-21-19(14)35(31,32)25-20(24-21)16-18(27)15-12-4-5-13(8-12)17(15)26(22(16)28)7-6-11-2-3-11/h10-13,15-17,23H,2-9H2,1H3,(H,24,25). The van der Waals surface area contributed by atoms with Crippen LogP contribution in [-0.4, -0.2) is 58.1 Å². The molecule has 190 valence electrons. The highest BCUT2D eigenvalue weighted by atomic mass is 32.2. The van der Waals surface area contributed by atoms with Gasteiger partial charge in [-0.25, -0.2) is 13.1 Å². The van der Waals surface area contributed by atoms with Crippen LogP contribution in [0, 0.1) is 29.6 Å². The summed E-state index contributed by atoms with van der Waals surface area (Å²) in [5, 5.41) is 4.76. The fourth-order valence-electron chi connectivity index (χ4n) is 6.50. The third-order valence-electron chi connectivity index (χ3n) is 8.18. The summed E-state index contributed by atoms with van der Waals surface area (Å²) in [5.74, 6) is -0.983. The number of likely N-dealkylation sites (tertiary alicyclic amines) is 1. The van der Waals surface area contributed by atoms with E-state index in [1.54, 1.807) is 5.38 Å². The number of Topliss-reactive ketones (excluding diaryl/α,β-unsaturated/α-hetero) is 1. The number of sulfonamides is 2. The number of anilines is 1. The summed E-state index contributed by atoms with van der Waals surface area (Å²) in [7, 11) is -7.75. The number of ketones is 1. The molecule has 35 heavy (non-hydrogen) atoms. The van der Waals surface area contributed by atoms with Crippen molar-refractivity contribution >= 4 is 53.9 Å². The van der Waals surface area contributed by atoms with Crippen LogP contribution in [0.4, 0.5) is 5.00 Å². The maximum Gasteiger partial charge on any atom is 0.287 e. The van der Waals surface area contributed by atoms with Gasteiger partial charge in [-0.05, 0) is 48.8 Å². The van der Waals surface area contributed by atoms with Crippen LogP contribution in [-0.2, 0) is 36.2 Å². The van der Waals surface area contributed by atoms with Crippen LogP contribution >= 0.6 is 11.3 Å². The van der Waals surface area contributed by atoms with Crippen molar-refractivity contribution < 1.29 is 26.4 Å². The van der Waals surface area contributed by atoms with Crippen LogP contribution in [0.3, 0.4) is 0 Å². The molecule has 3 saturated carbocycles. The second kappa shape index (κ2) is 8.09. The summed E-state index contributed by atoms with van der Waals surface area (Å²) in [6.45, 7) is 0.406. The Kier molecular flexibility index (Phi) is 5.44. The SMILES string of the molecule is CS(=O)(=O)NCc1csc2c1S(=O)(=O)N=C(C1C(=O)C3C4CCC(C4)C3N(CCC3CC3)C1=O)N2. The Morgan fingerprint density at radius 1 is 1.20 bits per heavy atom. The largest absolute Gasteiger partial charge is 0.338 e. The first-order chi connectivity index (χ1) is 16.5. The highest BCUT2D eigenvalue weighted by Gasteiger charge is 2.60. The van der Waals surface area contributed by atoms with Gasteiger partial charge in [0.2, 0.25) is 15.9 Å². The van der Waals surface area contributed by atoms with Crippen molar-refractivity contribution in [3.05, 3.63) is 10.9 Å². The topological polar surface area (TPSA) is 142 Å². The molecule has 4 fully saturated rings. The maximum atomic E-state index is 13.7. The van der Waals surface area contributed by atoms with E-state index in [1.807, 2.05) is 4.90 Å². The Labute approximate surface area is 208 Å². The van der Waals surface area contributed by atoms with Gasteiger partial charge in [0.05, 0.1) is 6.26 Å². The molecule has 6 rings (SSSR count). The molecule has 1 aromatic heterocycles. The minimum atomic E-state index is -4.23. The zero-order valence-corrected chi connectivity index (χ0v) is 21.7. The van der Waals surface area contributed by atoms with Crippen molar-refractivity contribution in [3.63, 3.8) is 0 Å². The molecule has 2 bridgehead atoms. The van der Waals surface area contributed by atoms with E-state index in [1.165, 1.54) is 12.8 Å². The summed E-state index contributed by atoms with van der Waals surface area (Å²) >= 11 is 1.09. The van der Waals surface area contributed by atoms with E-state index in [2.05, 4.69) is 14.4 Å². The summed E-state index contributed by atoms with van der Waals surface area (Å²) < 4.78 is 55.5. The Hall–Kier alpha value is -1.83. The number of carbonyl (C=O) groups excluding carboxylic acids is 2. The van der Waals surface area contributed by atoms with Gasteiger partial charge in [0.15, 0.2) is 11.7 Å². The molecule has 0 aromatic carbocycles. The van der Waals surface area contributed by atoms with Crippen LogP contribution in [0.25, 0.3) is 0 Å². The Morgan fingerprint density at radius 3 is 2.66 bits per heavy atom. The normalized spacial score (nSPS) is 33.3. The fourth-order valence-corrected chi connectivity index (χ4v) is 9.56. The molecular weight excluding hydrogens is 512 g/mol. The van der Waals surface area contributed by atoms with Crippen LogP contribution in [0.15, 0.2) is 14.7 Å². The van der Waals surface area contributed by atoms with Crippen LogP contribution in [0.1, 0.15) is 44.1 Å². The molecule has 10 nitrogen and oxygen atoms in total. The number of piperidine rings is 1. The van der Waals surface area contributed by atoms with Crippen molar-refractivity contribution in [3.8, 4) is 0 Å². The average Bonchev–Trinajstić information content (AvgIpc) is 3.16. The van der Waals surface area contributed by atoms with Gasteiger partial charge in [-0.1, -0.05) is 12.8 Å². The minimum Gasteiger partial charge on any atom is -0.338 e. The quantitative estimate of drug-likeness (QED) is 0.500. The van der Waals surface area contributed by atoms with E-state index in [9.17, 15) is 26.4 Å². The number of nitrogens with zero attached hydrogens (tertiary/aromatic N) is 2. The van der Waals surface area contributed by atoms with Crippen molar-refractivity contribution in [2.75, 3.05) is 18.1 Å². The molecule has 13 heteroatoms. The maximum absolute atomic E-state index is 13.7. The van der Waals surface area contributed by atoms with Crippen molar-refractivity contribution in [1.29, 1.82) is 0 Å². The number of fused-ring (bicyclic) bond motifs is 6. The monoisotopic (exact) mass is 540 g/mol. The number of carbonyl (C=O) groups is 2. The van der Waals surface area contributed by atoms with E-state index >= 15 is 0 Å². The summed E-state index contributed by atoms with van der Waals surface area (Å²) in [4.78, 5) is 29.2. The molecule has 0 radical (unpaired) electrons. The predicted molar refractivity (Wildman–Crippen MR) is 130 cm³/mol. The third-order valence-corrected chi connectivity index (χ3v) is 11.3. The fraction of sp³-hybridized carbons (Fsp3) is 0.682. The number of hydrogen-bond acceptors (Lipinski definition) is 8. The van der Waals surface area contributed by atoms with Crippen LogP contribution in [0.5, 0.6) is 0 Å². The Bertz CT molecular complexity index is 1350. The lowest BCUT2D eigenvalue weighted by molar-refractivity contribution is -0.152. The molecule has 5 unspecified atom stereocenters. The Balaban J connectivity index is 1.33. The second-order valence-corrected chi connectivity index (χ2v) is 14.8. The lowest BCUT2D eigenvalue weighted by Crippen LogP contribution is -2.62. The van der Waals surface area contributed by atoms with E-state index < -0.39 is 26.0 Å². The number of rotatable bonds is 7. The van der Waals surface area contributed by atoms with Crippen molar-refractivity contribution in [2.45, 2.75) is 56.0 Å². The predicted octanol–water partition coefficient (Wildman–Crippen LogP) is 1.55. The van der Waals surface area contributed by atoms with Gasteiger partial charge in [0.1, 0.15) is 15.7 Å². The van der Waals surface area contributed by atoms with Gasteiger partial charge in [-0.15, -0.1) is 15.7 Å². The molecule has 1 aromatic rings. The molecule has 2 N–H and O–H groups in total. The zero-order valence-electron chi connectivity index (χ0n) is 19.3.